The Bertz CT molecular complexity index is 1430. The fourth-order valence-electron chi connectivity index (χ4n) is 7.21. The Morgan fingerprint density at radius 1 is 0.977 bits per heavy atom. The number of nitrogens with zero attached hydrogens (tertiary/aromatic N) is 3. The Balaban J connectivity index is 1.42. The van der Waals surface area contributed by atoms with E-state index in [0.717, 1.165) is 17.0 Å². The Hall–Kier alpha value is -3.56. The van der Waals surface area contributed by atoms with Gasteiger partial charge >= 0.3 is 0 Å². The summed E-state index contributed by atoms with van der Waals surface area (Å²) in [6.07, 6.45) is 8.46. The summed E-state index contributed by atoms with van der Waals surface area (Å²) in [5, 5.41) is 10.4. The number of rotatable bonds is 8. The van der Waals surface area contributed by atoms with E-state index in [0.29, 0.717) is 26.1 Å². The number of aliphatic hydroxyl groups is 1. The van der Waals surface area contributed by atoms with Crippen LogP contribution in [0, 0.1) is 11.8 Å². The first kappa shape index (κ1) is 29.5. The zero-order valence-corrected chi connectivity index (χ0v) is 25.7. The van der Waals surface area contributed by atoms with Gasteiger partial charge < -0.3 is 24.5 Å². The molecule has 2 aromatic carbocycles. The maximum absolute atomic E-state index is 14.7. The number of ether oxygens (including phenoxy) is 1. The number of hydrogen-bond acceptors (Lipinski definition) is 6. The van der Waals surface area contributed by atoms with Crippen molar-refractivity contribution >= 4 is 35.2 Å². The third kappa shape index (κ3) is 4.96. The number of hydrogen-bond donors (Lipinski definition) is 1. The first-order chi connectivity index (χ1) is 20.8. The van der Waals surface area contributed by atoms with Crippen LogP contribution in [0.2, 0.25) is 0 Å². The molecule has 8 nitrogen and oxygen atoms in total. The van der Waals surface area contributed by atoms with E-state index in [1.165, 1.54) is 0 Å². The quantitative estimate of drug-likeness (QED) is 0.465. The van der Waals surface area contributed by atoms with Gasteiger partial charge in [0.2, 0.25) is 17.7 Å². The van der Waals surface area contributed by atoms with Gasteiger partial charge in [-0.05, 0) is 57.0 Å². The van der Waals surface area contributed by atoms with Gasteiger partial charge in [-0.3, -0.25) is 14.4 Å². The van der Waals surface area contributed by atoms with Crippen LogP contribution >= 0.6 is 11.8 Å². The molecule has 0 aromatic heterocycles. The van der Waals surface area contributed by atoms with Crippen molar-refractivity contribution in [3.8, 4) is 5.75 Å². The molecule has 1 unspecified atom stereocenters. The molecule has 1 spiro atoms. The minimum Gasteiger partial charge on any atom is -0.494 e. The van der Waals surface area contributed by atoms with Gasteiger partial charge in [0.1, 0.15) is 11.8 Å². The van der Waals surface area contributed by atoms with Crippen molar-refractivity contribution in [2.24, 2.45) is 11.8 Å². The highest BCUT2D eigenvalue weighted by Gasteiger charge is 2.71. The van der Waals surface area contributed by atoms with Gasteiger partial charge in [-0.1, -0.05) is 54.6 Å². The number of thioether (sulfide) groups is 1. The summed E-state index contributed by atoms with van der Waals surface area (Å²) in [6.45, 7) is 6.96. The maximum Gasteiger partial charge on any atom is 0.247 e. The van der Waals surface area contributed by atoms with Gasteiger partial charge in [0.05, 0.1) is 35.8 Å². The number of carbonyl (C=O) groups excluding carboxylic acids is 3. The van der Waals surface area contributed by atoms with Gasteiger partial charge in [-0.25, -0.2) is 0 Å². The lowest BCUT2D eigenvalue weighted by Crippen LogP contribution is -2.57. The average molecular weight is 602 g/mol. The average Bonchev–Trinajstić information content (AvgIpc) is 3.32. The Morgan fingerprint density at radius 3 is 2.40 bits per heavy atom. The van der Waals surface area contributed by atoms with E-state index in [1.807, 2.05) is 99.7 Å². The van der Waals surface area contributed by atoms with Crippen LogP contribution in [0.15, 0.2) is 78.9 Å². The van der Waals surface area contributed by atoms with Gasteiger partial charge in [0.15, 0.2) is 0 Å². The van der Waals surface area contributed by atoms with Crippen molar-refractivity contribution in [2.75, 3.05) is 31.2 Å². The second-order valence-corrected chi connectivity index (χ2v) is 13.4. The van der Waals surface area contributed by atoms with E-state index in [9.17, 15) is 19.5 Å². The molecular weight excluding hydrogens is 562 g/mol. The van der Waals surface area contributed by atoms with Crippen molar-refractivity contribution in [3.63, 3.8) is 0 Å². The van der Waals surface area contributed by atoms with E-state index in [2.05, 4.69) is 0 Å². The maximum atomic E-state index is 14.7. The molecule has 0 radical (unpaired) electrons. The van der Waals surface area contributed by atoms with Crippen molar-refractivity contribution in [1.82, 2.24) is 9.80 Å². The van der Waals surface area contributed by atoms with E-state index < -0.39 is 28.7 Å². The molecule has 1 N–H and O–H groups in total. The molecule has 6 rings (SSSR count). The van der Waals surface area contributed by atoms with E-state index >= 15 is 0 Å². The van der Waals surface area contributed by atoms with Crippen molar-refractivity contribution in [1.29, 1.82) is 0 Å². The molecule has 0 saturated carbocycles. The monoisotopic (exact) mass is 601 g/mol. The third-order valence-electron chi connectivity index (χ3n) is 9.13. The van der Waals surface area contributed by atoms with Gasteiger partial charge in [-0.15, -0.1) is 11.8 Å². The number of benzene rings is 2. The highest BCUT2D eigenvalue weighted by atomic mass is 32.2. The van der Waals surface area contributed by atoms with Crippen molar-refractivity contribution in [3.05, 3.63) is 84.5 Å². The molecule has 0 bridgehead atoms. The zero-order valence-electron chi connectivity index (χ0n) is 24.8. The SMILES string of the molecule is CCOc1ccc(N2CC=C[C@@H]3S[C@]45C=CCN(C(C)C)C(=O)C4N([C@@H](CO)Cc4ccccc4)C(=O)[C@@H]5[C@@H]3C2=O)cc1. The fraction of sp³-hybridized carbons (Fsp3) is 0.441. The summed E-state index contributed by atoms with van der Waals surface area (Å²) in [4.78, 5) is 48.8. The lowest BCUT2D eigenvalue weighted by atomic mass is 9.78. The van der Waals surface area contributed by atoms with Crippen LogP contribution in [0.25, 0.3) is 0 Å². The second kappa shape index (κ2) is 11.8. The summed E-state index contributed by atoms with van der Waals surface area (Å²) < 4.78 is 4.67. The molecule has 6 atom stereocenters. The van der Waals surface area contributed by atoms with Crippen molar-refractivity contribution in [2.45, 2.75) is 55.3 Å². The molecule has 43 heavy (non-hydrogen) atoms. The van der Waals surface area contributed by atoms with Crippen LogP contribution in [-0.4, -0.2) is 87.1 Å². The Labute approximate surface area is 257 Å². The minimum atomic E-state index is -0.931. The van der Waals surface area contributed by atoms with Crippen LogP contribution in [0.3, 0.4) is 0 Å². The number of aliphatic hydroxyl groups excluding tert-OH is 1. The van der Waals surface area contributed by atoms with Crippen LogP contribution in [-0.2, 0) is 20.8 Å². The van der Waals surface area contributed by atoms with Crippen LogP contribution < -0.4 is 9.64 Å². The summed E-state index contributed by atoms with van der Waals surface area (Å²) in [5.74, 6) is -1.17. The largest absolute Gasteiger partial charge is 0.494 e. The summed E-state index contributed by atoms with van der Waals surface area (Å²) >= 11 is 1.56. The molecule has 2 saturated heterocycles. The summed E-state index contributed by atoms with van der Waals surface area (Å²) in [6, 6.07) is 15.7. The molecule has 2 fully saturated rings. The smallest absolute Gasteiger partial charge is 0.247 e. The molecule has 2 aromatic rings. The first-order valence-electron chi connectivity index (χ1n) is 15.1. The Kier molecular flexibility index (Phi) is 8.13. The van der Waals surface area contributed by atoms with E-state index in [1.54, 1.807) is 26.5 Å². The third-order valence-corrected chi connectivity index (χ3v) is 10.9. The van der Waals surface area contributed by atoms with Gasteiger partial charge in [0, 0.05) is 30.1 Å². The van der Waals surface area contributed by atoms with Gasteiger partial charge in [0.25, 0.3) is 0 Å². The molecule has 4 aliphatic rings. The molecule has 4 aliphatic heterocycles. The van der Waals surface area contributed by atoms with Gasteiger partial charge in [-0.2, -0.15) is 0 Å². The zero-order chi connectivity index (χ0) is 30.3. The lowest BCUT2D eigenvalue weighted by molar-refractivity contribution is -0.146. The summed E-state index contributed by atoms with van der Waals surface area (Å²) in [5.41, 5.74) is 1.71. The molecule has 9 heteroatoms. The van der Waals surface area contributed by atoms with Crippen molar-refractivity contribution < 1.29 is 24.2 Å². The molecule has 226 valence electrons. The normalized spacial score (nSPS) is 29.0. The topological polar surface area (TPSA) is 90.4 Å². The van der Waals surface area contributed by atoms with Crippen LogP contribution in [0.4, 0.5) is 5.69 Å². The lowest BCUT2D eigenvalue weighted by Gasteiger charge is -2.39. The highest BCUT2D eigenvalue weighted by Crippen LogP contribution is 2.61. The minimum absolute atomic E-state index is 0.0708. The number of likely N-dealkylation sites (tertiary alicyclic amines) is 1. The number of fused-ring (bicyclic) bond motifs is 2. The number of carbonyl (C=O) groups is 3. The fourth-order valence-corrected chi connectivity index (χ4v) is 9.20. The predicted molar refractivity (Wildman–Crippen MR) is 168 cm³/mol. The summed E-state index contributed by atoms with van der Waals surface area (Å²) in [7, 11) is 0. The highest BCUT2D eigenvalue weighted by molar-refractivity contribution is 8.02. The van der Waals surface area contributed by atoms with Crippen LogP contribution in [0.5, 0.6) is 5.75 Å². The molecule has 3 amide bonds. The van der Waals surface area contributed by atoms with E-state index in [4.69, 9.17) is 4.74 Å². The second-order valence-electron chi connectivity index (χ2n) is 11.9. The van der Waals surface area contributed by atoms with Crippen LogP contribution in [0.1, 0.15) is 26.3 Å². The number of anilines is 1. The van der Waals surface area contributed by atoms with E-state index in [-0.39, 0.29) is 35.6 Å². The predicted octanol–water partition coefficient (Wildman–Crippen LogP) is 3.70. The molecular formula is C34H39N3O5S. The standard InChI is InChI=1S/C34H39N3O5S/c1-4-42-26-15-13-24(14-16-26)36-18-8-12-27-28(31(36)39)29-32(40)37(25(21-38)20-23-10-6-5-7-11-23)30-33(41)35(22(2)3)19-9-17-34(29,30)43-27/h5-17,22,25,27-30,38H,4,18-21H2,1-3H3/t25-,27+,28-,29+,30?,34+/m1/s1. The molecule has 0 aliphatic carbocycles. The molecule has 4 heterocycles. The first-order valence-corrected chi connectivity index (χ1v) is 16.0. The Morgan fingerprint density at radius 2 is 1.72 bits per heavy atom. The number of amides is 3.